The van der Waals surface area contributed by atoms with E-state index in [0.717, 1.165) is 43.4 Å². The molecule has 1 aromatic rings. The fraction of sp³-hybridized carbons (Fsp3) is 0.533. The number of amides is 1. The van der Waals surface area contributed by atoms with Crippen molar-refractivity contribution < 1.29 is 4.79 Å². The maximum atomic E-state index is 12.8. The number of carbonyl (C=O) groups excluding carboxylic acids is 1. The Balaban J connectivity index is 0.00000220. The van der Waals surface area contributed by atoms with Crippen LogP contribution in [0, 0.1) is 0 Å². The predicted molar refractivity (Wildman–Crippen MR) is 93.6 cm³/mol. The zero-order valence-electron chi connectivity index (χ0n) is 12.1. The second-order valence-corrected chi connectivity index (χ2v) is 6.39. The minimum absolute atomic E-state index is 0. The first kappa shape index (κ1) is 18.8. The Morgan fingerprint density at radius 1 is 1.43 bits per heavy atom. The molecule has 0 spiro atoms. The number of nitrogens with zero attached hydrogens (tertiary/aromatic N) is 1. The zero-order valence-corrected chi connectivity index (χ0v) is 15.2. The van der Waals surface area contributed by atoms with Crippen molar-refractivity contribution in [1.82, 2.24) is 10.2 Å². The van der Waals surface area contributed by atoms with Gasteiger partial charge >= 0.3 is 0 Å². The Morgan fingerprint density at radius 2 is 2.10 bits per heavy atom. The van der Waals surface area contributed by atoms with E-state index >= 15 is 0 Å². The minimum Gasteiger partial charge on any atom is -0.336 e. The van der Waals surface area contributed by atoms with Crippen molar-refractivity contribution in [3.05, 3.63) is 33.3 Å². The van der Waals surface area contributed by atoms with Crippen LogP contribution in [0.1, 0.15) is 36.5 Å². The molecule has 2 rings (SSSR count). The summed E-state index contributed by atoms with van der Waals surface area (Å²) in [5.41, 5.74) is 0.696. The maximum Gasteiger partial charge on any atom is 0.255 e. The highest BCUT2D eigenvalue weighted by Gasteiger charge is 2.26. The Labute approximate surface area is 146 Å². The van der Waals surface area contributed by atoms with E-state index in [-0.39, 0.29) is 18.3 Å². The summed E-state index contributed by atoms with van der Waals surface area (Å²) >= 11 is 9.39. The van der Waals surface area contributed by atoms with Crippen molar-refractivity contribution in [3.8, 4) is 0 Å². The molecule has 1 saturated heterocycles. The monoisotopic (exact) mass is 394 g/mol. The van der Waals surface area contributed by atoms with Gasteiger partial charge in [0.2, 0.25) is 0 Å². The Morgan fingerprint density at radius 3 is 2.67 bits per heavy atom. The van der Waals surface area contributed by atoms with Crippen LogP contribution in [0.4, 0.5) is 0 Å². The molecule has 0 radical (unpaired) electrons. The van der Waals surface area contributed by atoms with Gasteiger partial charge in [0.1, 0.15) is 0 Å². The van der Waals surface area contributed by atoms with Gasteiger partial charge in [-0.05, 0) is 66.5 Å². The van der Waals surface area contributed by atoms with Crippen LogP contribution in [0.5, 0.6) is 0 Å². The summed E-state index contributed by atoms with van der Waals surface area (Å²) in [5, 5.41) is 3.98. The summed E-state index contributed by atoms with van der Waals surface area (Å²) in [6, 6.07) is 5.69. The smallest absolute Gasteiger partial charge is 0.255 e. The van der Waals surface area contributed by atoms with Gasteiger partial charge in [-0.1, -0.05) is 18.5 Å². The number of halogens is 3. The van der Waals surface area contributed by atoms with Crippen molar-refractivity contribution >= 4 is 45.8 Å². The number of carbonyl (C=O) groups is 1. The molecule has 1 amide bonds. The Kier molecular flexibility index (Phi) is 8.03. The second-order valence-electron chi connectivity index (χ2n) is 5.10. The van der Waals surface area contributed by atoms with Gasteiger partial charge in [0.25, 0.3) is 5.91 Å². The molecular formula is C15H21BrCl2N2O. The number of hydrogen-bond acceptors (Lipinski definition) is 2. The summed E-state index contributed by atoms with van der Waals surface area (Å²) in [6.07, 6.45) is 3.02. The molecule has 1 fully saturated rings. The lowest BCUT2D eigenvalue weighted by Crippen LogP contribution is -2.46. The highest BCUT2D eigenvalue weighted by Crippen LogP contribution is 2.25. The summed E-state index contributed by atoms with van der Waals surface area (Å²) in [6.45, 7) is 4.89. The normalized spacial score (nSPS) is 15.4. The molecule has 0 atom stereocenters. The molecule has 3 nitrogen and oxygen atoms in total. The number of nitrogens with one attached hydrogen (secondary N) is 1. The summed E-state index contributed by atoms with van der Waals surface area (Å²) in [7, 11) is 0. The van der Waals surface area contributed by atoms with E-state index in [0.29, 0.717) is 16.6 Å². The molecule has 1 aliphatic rings. The number of piperidine rings is 1. The number of benzene rings is 1. The first-order chi connectivity index (χ1) is 9.63. The molecule has 21 heavy (non-hydrogen) atoms. The average Bonchev–Trinajstić information content (AvgIpc) is 2.45. The van der Waals surface area contributed by atoms with E-state index in [2.05, 4.69) is 28.2 Å². The molecule has 0 saturated carbocycles. The largest absolute Gasteiger partial charge is 0.336 e. The summed E-state index contributed by atoms with van der Waals surface area (Å²) in [5.74, 6) is 0.0993. The fourth-order valence-corrected chi connectivity index (χ4v) is 3.48. The van der Waals surface area contributed by atoms with Gasteiger partial charge in [0.05, 0.1) is 5.56 Å². The first-order valence-corrected chi connectivity index (χ1v) is 8.27. The molecule has 0 bridgehead atoms. The van der Waals surface area contributed by atoms with Gasteiger partial charge in [0.15, 0.2) is 0 Å². The van der Waals surface area contributed by atoms with E-state index in [1.807, 2.05) is 4.90 Å². The van der Waals surface area contributed by atoms with E-state index in [4.69, 9.17) is 11.6 Å². The van der Waals surface area contributed by atoms with E-state index < -0.39 is 0 Å². The first-order valence-electron chi connectivity index (χ1n) is 7.10. The molecule has 6 heteroatoms. The third-order valence-corrected chi connectivity index (χ3v) is 4.53. The van der Waals surface area contributed by atoms with Gasteiger partial charge in [-0.2, -0.15) is 0 Å². The predicted octanol–water partition coefficient (Wildman–Crippen LogP) is 4.13. The Bertz CT molecular complexity index is 479. The van der Waals surface area contributed by atoms with Crippen LogP contribution in [-0.2, 0) is 0 Å². The van der Waals surface area contributed by atoms with Crippen molar-refractivity contribution in [2.24, 2.45) is 0 Å². The molecular weight excluding hydrogens is 375 g/mol. The van der Waals surface area contributed by atoms with Crippen molar-refractivity contribution in [1.29, 1.82) is 0 Å². The highest BCUT2D eigenvalue weighted by atomic mass is 79.9. The van der Waals surface area contributed by atoms with Crippen LogP contribution < -0.4 is 5.32 Å². The fourth-order valence-electron chi connectivity index (χ4n) is 2.63. The third kappa shape index (κ3) is 4.85. The van der Waals surface area contributed by atoms with Gasteiger partial charge in [0, 0.05) is 22.1 Å². The molecule has 1 heterocycles. The lowest BCUT2D eigenvalue weighted by atomic mass is 10.0. The lowest BCUT2D eigenvalue weighted by molar-refractivity contribution is 0.0641. The van der Waals surface area contributed by atoms with Crippen LogP contribution in [0.25, 0.3) is 0 Å². The van der Waals surface area contributed by atoms with Crippen LogP contribution in [0.3, 0.4) is 0 Å². The third-order valence-electron chi connectivity index (χ3n) is 3.64. The zero-order chi connectivity index (χ0) is 14.5. The molecule has 0 aromatic heterocycles. The standard InChI is InChI=1S/C15H20BrClN2O.ClH/c1-2-9-19(12-5-7-18-8-6-12)15(20)13-4-3-11(17)10-14(13)16;/h3-4,10,12,18H,2,5-9H2,1H3;1H. The molecule has 0 unspecified atom stereocenters. The summed E-state index contributed by atoms with van der Waals surface area (Å²) < 4.78 is 0.769. The van der Waals surface area contributed by atoms with Crippen molar-refractivity contribution in [2.45, 2.75) is 32.2 Å². The van der Waals surface area contributed by atoms with Crippen LogP contribution >= 0.6 is 39.9 Å². The number of rotatable bonds is 4. The molecule has 0 aliphatic carbocycles. The lowest BCUT2D eigenvalue weighted by Gasteiger charge is -2.35. The highest BCUT2D eigenvalue weighted by molar-refractivity contribution is 9.10. The SMILES string of the molecule is CCCN(C(=O)c1ccc(Cl)cc1Br)C1CCNCC1.Cl. The van der Waals surface area contributed by atoms with Gasteiger partial charge in [-0.3, -0.25) is 4.79 Å². The van der Waals surface area contributed by atoms with Crippen LogP contribution in [0.15, 0.2) is 22.7 Å². The number of hydrogen-bond donors (Lipinski definition) is 1. The van der Waals surface area contributed by atoms with Crippen molar-refractivity contribution in [3.63, 3.8) is 0 Å². The van der Waals surface area contributed by atoms with Crippen molar-refractivity contribution in [2.75, 3.05) is 19.6 Å². The quantitative estimate of drug-likeness (QED) is 0.831. The van der Waals surface area contributed by atoms with Gasteiger partial charge < -0.3 is 10.2 Å². The minimum atomic E-state index is 0. The van der Waals surface area contributed by atoms with E-state index in [9.17, 15) is 4.79 Å². The van der Waals surface area contributed by atoms with Crippen LogP contribution in [-0.4, -0.2) is 36.5 Å². The average molecular weight is 396 g/mol. The molecule has 1 aromatic carbocycles. The maximum absolute atomic E-state index is 12.8. The second kappa shape index (κ2) is 8.99. The molecule has 1 N–H and O–H groups in total. The molecule has 1 aliphatic heterocycles. The summed E-state index contributed by atoms with van der Waals surface area (Å²) in [4.78, 5) is 14.8. The Hall–Kier alpha value is -0.290. The van der Waals surface area contributed by atoms with Gasteiger partial charge in [-0.15, -0.1) is 12.4 Å². The molecule has 118 valence electrons. The topological polar surface area (TPSA) is 32.3 Å². The van der Waals surface area contributed by atoms with E-state index in [1.54, 1.807) is 18.2 Å². The van der Waals surface area contributed by atoms with E-state index in [1.165, 1.54) is 0 Å². The van der Waals surface area contributed by atoms with Crippen LogP contribution in [0.2, 0.25) is 5.02 Å². The van der Waals surface area contributed by atoms with Gasteiger partial charge in [-0.25, -0.2) is 0 Å².